The van der Waals surface area contributed by atoms with Crippen molar-refractivity contribution in [2.24, 2.45) is 0 Å². The van der Waals surface area contributed by atoms with E-state index in [-0.39, 0.29) is 12.3 Å². The van der Waals surface area contributed by atoms with E-state index >= 15 is 0 Å². The molecule has 3 aromatic heterocycles. The number of aromatic nitrogens is 3. The molecule has 4 rings (SSSR count). The summed E-state index contributed by atoms with van der Waals surface area (Å²) in [6.07, 6.45) is 4.46. The highest BCUT2D eigenvalue weighted by molar-refractivity contribution is 7.13. The number of nitrogens with zero attached hydrogens (tertiary/aromatic N) is 3. The topological polar surface area (TPSA) is 67.8 Å². The maximum atomic E-state index is 12.2. The number of thiazole rings is 2. The van der Waals surface area contributed by atoms with E-state index in [1.165, 1.54) is 11.3 Å². The Hall–Kier alpha value is -2.61. The second-order valence-electron chi connectivity index (χ2n) is 6.26. The molecule has 0 unspecified atom stereocenters. The summed E-state index contributed by atoms with van der Waals surface area (Å²) in [4.78, 5) is 25.4. The number of pyridine rings is 1. The van der Waals surface area contributed by atoms with Crippen LogP contribution in [0, 0.1) is 0 Å². The SMILES string of the molecule is O=C(Cc1csc(-c2ccccc2Cl)n1)NCCc1nc(-c2ccncc2)cs1. The maximum Gasteiger partial charge on any atom is 0.226 e. The normalized spacial score (nSPS) is 10.8. The molecule has 3 heterocycles. The molecule has 29 heavy (non-hydrogen) atoms. The van der Waals surface area contributed by atoms with Crippen LogP contribution in [-0.2, 0) is 17.6 Å². The van der Waals surface area contributed by atoms with Gasteiger partial charge in [0.05, 0.1) is 27.8 Å². The predicted octanol–water partition coefficient (Wildman–Crippen LogP) is 4.88. The zero-order valence-electron chi connectivity index (χ0n) is 15.3. The van der Waals surface area contributed by atoms with E-state index in [0.717, 1.165) is 32.5 Å². The summed E-state index contributed by atoms with van der Waals surface area (Å²) in [5.74, 6) is -0.0491. The lowest BCUT2D eigenvalue weighted by Crippen LogP contribution is -2.27. The molecule has 0 spiro atoms. The van der Waals surface area contributed by atoms with Crippen molar-refractivity contribution in [1.82, 2.24) is 20.3 Å². The first kappa shape index (κ1) is 19.7. The molecule has 1 amide bonds. The number of hydrogen-bond acceptors (Lipinski definition) is 6. The molecule has 5 nitrogen and oxygen atoms in total. The second-order valence-corrected chi connectivity index (χ2v) is 8.47. The van der Waals surface area contributed by atoms with Gasteiger partial charge in [-0.3, -0.25) is 9.78 Å². The lowest BCUT2D eigenvalue weighted by Gasteiger charge is -2.02. The Morgan fingerprint density at radius 1 is 1.03 bits per heavy atom. The molecule has 0 radical (unpaired) electrons. The summed E-state index contributed by atoms with van der Waals surface area (Å²) in [6, 6.07) is 11.4. The molecule has 1 aromatic carbocycles. The number of halogens is 1. The zero-order valence-corrected chi connectivity index (χ0v) is 17.7. The van der Waals surface area contributed by atoms with E-state index in [2.05, 4.69) is 20.3 Å². The molecule has 0 atom stereocenters. The molecular weight excluding hydrogens is 424 g/mol. The quantitative estimate of drug-likeness (QED) is 0.444. The molecule has 0 bridgehead atoms. The van der Waals surface area contributed by atoms with E-state index < -0.39 is 0 Å². The van der Waals surface area contributed by atoms with E-state index in [1.807, 2.05) is 47.2 Å². The molecule has 0 aliphatic carbocycles. The van der Waals surface area contributed by atoms with Gasteiger partial charge < -0.3 is 5.32 Å². The predicted molar refractivity (Wildman–Crippen MR) is 118 cm³/mol. The number of carbonyl (C=O) groups is 1. The minimum Gasteiger partial charge on any atom is -0.355 e. The highest BCUT2D eigenvalue weighted by Gasteiger charge is 2.11. The Balaban J connectivity index is 1.28. The van der Waals surface area contributed by atoms with Crippen molar-refractivity contribution in [2.75, 3.05) is 6.54 Å². The second kappa shape index (κ2) is 9.26. The minimum atomic E-state index is -0.0491. The summed E-state index contributed by atoms with van der Waals surface area (Å²) in [5, 5.41) is 9.35. The van der Waals surface area contributed by atoms with Crippen LogP contribution in [0.2, 0.25) is 5.02 Å². The van der Waals surface area contributed by atoms with Gasteiger partial charge in [-0.15, -0.1) is 22.7 Å². The molecule has 4 aromatic rings. The van der Waals surface area contributed by atoms with E-state index in [4.69, 9.17) is 11.6 Å². The largest absolute Gasteiger partial charge is 0.355 e. The molecule has 8 heteroatoms. The third-order valence-corrected chi connectivity index (χ3v) is 6.35. The maximum absolute atomic E-state index is 12.2. The van der Waals surface area contributed by atoms with Crippen LogP contribution in [0.15, 0.2) is 59.6 Å². The van der Waals surface area contributed by atoms with Gasteiger partial charge in [0.1, 0.15) is 5.01 Å². The van der Waals surface area contributed by atoms with Crippen LogP contribution in [0.1, 0.15) is 10.7 Å². The van der Waals surface area contributed by atoms with Gasteiger partial charge in [0.15, 0.2) is 0 Å². The van der Waals surface area contributed by atoms with Crippen LogP contribution < -0.4 is 5.32 Å². The molecule has 0 aliphatic heterocycles. The van der Waals surface area contributed by atoms with Gasteiger partial charge in [0, 0.05) is 47.2 Å². The van der Waals surface area contributed by atoms with Gasteiger partial charge in [-0.05, 0) is 18.2 Å². The highest BCUT2D eigenvalue weighted by Crippen LogP contribution is 2.30. The third kappa shape index (κ3) is 5.06. The molecule has 0 fully saturated rings. The number of rotatable bonds is 7. The third-order valence-electron chi connectivity index (χ3n) is 4.19. The monoisotopic (exact) mass is 440 g/mol. The number of hydrogen-bond donors (Lipinski definition) is 1. The fourth-order valence-corrected chi connectivity index (χ4v) is 4.71. The Labute approximate surface area is 181 Å². The van der Waals surface area contributed by atoms with Gasteiger partial charge in [0.25, 0.3) is 0 Å². The van der Waals surface area contributed by atoms with Crippen molar-refractivity contribution in [1.29, 1.82) is 0 Å². The van der Waals surface area contributed by atoms with Crippen molar-refractivity contribution in [3.05, 3.63) is 75.3 Å². The summed E-state index contributed by atoms with van der Waals surface area (Å²) >= 11 is 9.31. The van der Waals surface area contributed by atoms with Gasteiger partial charge in [-0.1, -0.05) is 29.8 Å². The standard InChI is InChI=1S/C21H17ClN4OS2/c22-17-4-2-1-3-16(17)21-25-15(12-29-21)11-19(27)24-10-7-20-26-18(13-28-20)14-5-8-23-9-6-14/h1-6,8-9,12-13H,7,10-11H2,(H,24,27). The Morgan fingerprint density at radius 2 is 1.86 bits per heavy atom. The van der Waals surface area contributed by atoms with Crippen LogP contribution in [0.25, 0.3) is 21.8 Å². The molecule has 0 saturated carbocycles. The van der Waals surface area contributed by atoms with Crippen LogP contribution >= 0.6 is 34.3 Å². The molecule has 1 N–H and O–H groups in total. The average molecular weight is 441 g/mol. The lowest BCUT2D eigenvalue weighted by atomic mass is 10.2. The van der Waals surface area contributed by atoms with Crippen molar-refractivity contribution < 1.29 is 4.79 Å². The first-order valence-corrected chi connectivity index (χ1v) is 11.1. The van der Waals surface area contributed by atoms with Crippen LogP contribution in [-0.4, -0.2) is 27.4 Å². The number of carbonyl (C=O) groups excluding carboxylic acids is 1. The Bertz CT molecular complexity index is 1110. The first-order chi connectivity index (χ1) is 14.2. The fourth-order valence-electron chi connectivity index (χ4n) is 2.76. The van der Waals surface area contributed by atoms with Crippen molar-refractivity contribution in [3.8, 4) is 21.8 Å². The minimum absolute atomic E-state index is 0.0491. The smallest absolute Gasteiger partial charge is 0.226 e. The van der Waals surface area contributed by atoms with E-state index in [9.17, 15) is 4.79 Å². The van der Waals surface area contributed by atoms with Crippen molar-refractivity contribution >= 4 is 40.2 Å². The summed E-state index contributed by atoms with van der Waals surface area (Å²) in [6.45, 7) is 0.545. The summed E-state index contributed by atoms with van der Waals surface area (Å²) < 4.78 is 0. The summed E-state index contributed by atoms with van der Waals surface area (Å²) in [5.41, 5.74) is 3.62. The van der Waals surface area contributed by atoms with Crippen LogP contribution in [0.4, 0.5) is 0 Å². The van der Waals surface area contributed by atoms with Gasteiger partial charge in [-0.25, -0.2) is 9.97 Å². The van der Waals surface area contributed by atoms with Gasteiger partial charge in [0.2, 0.25) is 5.91 Å². The lowest BCUT2D eigenvalue weighted by molar-refractivity contribution is -0.120. The van der Waals surface area contributed by atoms with Crippen LogP contribution in [0.5, 0.6) is 0 Å². The van der Waals surface area contributed by atoms with E-state index in [1.54, 1.807) is 23.7 Å². The zero-order chi connectivity index (χ0) is 20.1. The summed E-state index contributed by atoms with van der Waals surface area (Å²) in [7, 11) is 0. The first-order valence-electron chi connectivity index (χ1n) is 9.00. The van der Waals surface area contributed by atoms with E-state index in [0.29, 0.717) is 18.0 Å². The van der Waals surface area contributed by atoms with Crippen molar-refractivity contribution in [3.63, 3.8) is 0 Å². The van der Waals surface area contributed by atoms with Crippen molar-refractivity contribution in [2.45, 2.75) is 12.8 Å². The molecular formula is C21H17ClN4OS2. The highest BCUT2D eigenvalue weighted by atomic mass is 35.5. The Morgan fingerprint density at radius 3 is 2.69 bits per heavy atom. The van der Waals surface area contributed by atoms with Crippen LogP contribution in [0.3, 0.4) is 0 Å². The molecule has 0 aliphatic rings. The number of amides is 1. The number of benzene rings is 1. The average Bonchev–Trinajstić information content (AvgIpc) is 3.39. The number of nitrogens with one attached hydrogen (secondary N) is 1. The Kier molecular flexibility index (Phi) is 6.29. The van der Waals surface area contributed by atoms with Gasteiger partial charge >= 0.3 is 0 Å². The van der Waals surface area contributed by atoms with Gasteiger partial charge in [-0.2, -0.15) is 0 Å². The molecule has 0 saturated heterocycles. The fraction of sp³-hybridized carbons (Fsp3) is 0.143. The molecule has 146 valence electrons.